The minimum absolute atomic E-state index is 0.204. The van der Waals surface area contributed by atoms with E-state index < -0.39 is 6.55 Å². The van der Waals surface area contributed by atoms with Gasteiger partial charge in [0.05, 0.1) is 6.54 Å². The van der Waals surface area contributed by atoms with Gasteiger partial charge in [-0.25, -0.2) is 4.98 Å². The Balaban J connectivity index is 2.52. The molecule has 0 spiro atoms. The van der Waals surface area contributed by atoms with E-state index in [1.54, 1.807) is 7.05 Å². The molecule has 0 aliphatic carbocycles. The summed E-state index contributed by atoms with van der Waals surface area (Å²) in [5, 5.41) is 3.03. The largest absolute Gasteiger partial charge is 0.349 e. The Morgan fingerprint density at radius 2 is 2.40 bits per heavy atom. The molecule has 20 heavy (non-hydrogen) atoms. The number of nitrogens with one attached hydrogen (secondary N) is 1. The summed E-state index contributed by atoms with van der Waals surface area (Å²) in [4.78, 5) is 9.98. The van der Waals surface area contributed by atoms with Crippen LogP contribution in [0.1, 0.15) is 25.2 Å². The van der Waals surface area contributed by atoms with Crippen LogP contribution in [0, 0.1) is 0 Å². The second kappa shape index (κ2) is 8.29. The molecule has 1 aromatic heterocycles. The highest BCUT2D eigenvalue weighted by molar-refractivity contribution is 5.79. The van der Waals surface area contributed by atoms with E-state index in [2.05, 4.69) is 21.9 Å². The van der Waals surface area contributed by atoms with Crippen LogP contribution in [0.5, 0.6) is 0 Å². The molecular weight excluding hydrogens is 264 g/mol. The van der Waals surface area contributed by atoms with E-state index >= 15 is 0 Å². The molecule has 0 amide bonds. The van der Waals surface area contributed by atoms with Crippen molar-refractivity contribution in [2.24, 2.45) is 4.99 Å². The van der Waals surface area contributed by atoms with Gasteiger partial charge in [0.15, 0.2) is 5.96 Å². The number of imidazole rings is 1. The molecule has 0 saturated heterocycles. The summed E-state index contributed by atoms with van der Waals surface area (Å²) >= 11 is 0. The molecule has 0 saturated carbocycles. The van der Waals surface area contributed by atoms with Crippen molar-refractivity contribution in [1.82, 2.24) is 19.8 Å². The number of aliphatic imine (C=N–C) groups is 1. The first kappa shape index (κ1) is 16.1. The minimum atomic E-state index is -2.58. The average Bonchev–Trinajstić information content (AvgIpc) is 2.88. The third kappa shape index (κ3) is 4.64. The van der Waals surface area contributed by atoms with Crippen molar-refractivity contribution in [3.8, 4) is 0 Å². The maximum atomic E-state index is 12.7. The van der Waals surface area contributed by atoms with Gasteiger partial charge in [0.1, 0.15) is 5.82 Å². The molecular formula is C13H21F2N5. The third-order valence-corrected chi connectivity index (χ3v) is 2.84. The van der Waals surface area contributed by atoms with Crippen LogP contribution in [0.4, 0.5) is 8.78 Å². The van der Waals surface area contributed by atoms with E-state index in [-0.39, 0.29) is 12.4 Å². The standard InChI is InChI=1S/C13H21F2N5/c1-4-5-6-8-19(3)13(16-2)18-10-11-17-7-9-20(11)12(14)15/h4,7,9,12H,1,5-6,8,10H2,2-3H3,(H,16,18). The molecule has 0 bridgehead atoms. The second-order valence-corrected chi connectivity index (χ2v) is 4.28. The van der Waals surface area contributed by atoms with Crippen LogP contribution in [0.25, 0.3) is 0 Å². The summed E-state index contributed by atoms with van der Waals surface area (Å²) in [7, 11) is 3.56. The Morgan fingerprint density at radius 1 is 1.65 bits per heavy atom. The van der Waals surface area contributed by atoms with Gasteiger partial charge in [-0.3, -0.25) is 9.56 Å². The highest BCUT2D eigenvalue weighted by Crippen LogP contribution is 2.11. The summed E-state index contributed by atoms with van der Waals surface area (Å²) in [6.45, 7) is 2.11. The second-order valence-electron chi connectivity index (χ2n) is 4.28. The molecule has 0 unspecified atom stereocenters. The molecule has 1 heterocycles. The average molecular weight is 285 g/mol. The lowest BCUT2D eigenvalue weighted by atomic mass is 10.3. The predicted octanol–water partition coefficient (Wildman–Crippen LogP) is 2.25. The van der Waals surface area contributed by atoms with Crippen LogP contribution in [0.2, 0.25) is 0 Å². The summed E-state index contributed by atoms with van der Waals surface area (Å²) in [5.74, 6) is 0.929. The van der Waals surface area contributed by atoms with Gasteiger partial charge in [0.2, 0.25) is 0 Å². The molecule has 0 radical (unpaired) electrons. The van der Waals surface area contributed by atoms with Crippen LogP contribution in [-0.2, 0) is 6.54 Å². The fourth-order valence-corrected chi connectivity index (χ4v) is 1.78. The number of rotatable bonds is 7. The topological polar surface area (TPSA) is 45.4 Å². The zero-order valence-electron chi connectivity index (χ0n) is 11.9. The maximum absolute atomic E-state index is 12.7. The van der Waals surface area contributed by atoms with Gasteiger partial charge >= 0.3 is 6.55 Å². The van der Waals surface area contributed by atoms with Gasteiger partial charge in [-0.2, -0.15) is 8.78 Å². The van der Waals surface area contributed by atoms with Gasteiger partial charge in [0.25, 0.3) is 0 Å². The van der Waals surface area contributed by atoms with Gasteiger partial charge in [-0.1, -0.05) is 6.08 Å². The lowest BCUT2D eigenvalue weighted by Gasteiger charge is -2.21. The number of allylic oxidation sites excluding steroid dienone is 1. The molecule has 1 N–H and O–H groups in total. The Kier molecular flexibility index (Phi) is 6.69. The molecule has 0 atom stereocenters. The van der Waals surface area contributed by atoms with E-state index in [9.17, 15) is 8.78 Å². The normalized spacial score (nSPS) is 11.8. The first-order valence-corrected chi connectivity index (χ1v) is 6.42. The molecule has 7 heteroatoms. The molecule has 5 nitrogen and oxygen atoms in total. The zero-order valence-corrected chi connectivity index (χ0v) is 11.9. The van der Waals surface area contributed by atoms with Gasteiger partial charge in [0, 0.05) is 33.0 Å². The fourth-order valence-electron chi connectivity index (χ4n) is 1.78. The van der Waals surface area contributed by atoms with E-state index in [1.165, 1.54) is 12.4 Å². The van der Waals surface area contributed by atoms with Crippen molar-refractivity contribution in [3.63, 3.8) is 0 Å². The molecule has 112 valence electrons. The number of aromatic nitrogens is 2. The number of guanidine groups is 1. The van der Waals surface area contributed by atoms with Crippen molar-refractivity contribution >= 4 is 5.96 Å². The first-order valence-electron chi connectivity index (χ1n) is 6.42. The van der Waals surface area contributed by atoms with Crippen molar-refractivity contribution < 1.29 is 8.78 Å². The van der Waals surface area contributed by atoms with Crippen LogP contribution in [-0.4, -0.2) is 41.1 Å². The molecule has 0 aliphatic rings. The molecule has 1 rings (SSSR count). The summed E-state index contributed by atoms with van der Waals surface area (Å²) < 4.78 is 26.2. The van der Waals surface area contributed by atoms with E-state index in [4.69, 9.17) is 0 Å². The van der Waals surface area contributed by atoms with Crippen LogP contribution in [0.3, 0.4) is 0 Å². The van der Waals surface area contributed by atoms with Crippen LogP contribution >= 0.6 is 0 Å². The molecule has 0 aliphatic heterocycles. The quantitative estimate of drug-likeness (QED) is 0.362. The maximum Gasteiger partial charge on any atom is 0.319 e. The molecule has 1 aromatic rings. The number of hydrogen-bond acceptors (Lipinski definition) is 2. The first-order chi connectivity index (χ1) is 9.60. The number of hydrogen-bond donors (Lipinski definition) is 1. The SMILES string of the molecule is C=CCCCN(C)C(=NC)NCc1nccn1C(F)F. The lowest BCUT2D eigenvalue weighted by Crippen LogP contribution is -2.39. The smallest absolute Gasteiger partial charge is 0.319 e. The van der Waals surface area contributed by atoms with Crippen molar-refractivity contribution in [1.29, 1.82) is 0 Å². The van der Waals surface area contributed by atoms with Crippen molar-refractivity contribution in [2.45, 2.75) is 25.9 Å². The number of nitrogens with zero attached hydrogens (tertiary/aromatic N) is 4. The molecule has 0 aromatic carbocycles. The highest BCUT2D eigenvalue weighted by atomic mass is 19.3. The van der Waals surface area contributed by atoms with Crippen LogP contribution < -0.4 is 5.32 Å². The minimum Gasteiger partial charge on any atom is -0.349 e. The lowest BCUT2D eigenvalue weighted by molar-refractivity contribution is 0.0668. The van der Waals surface area contributed by atoms with Gasteiger partial charge < -0.3 is 10.2 Å². The fraction of sp³-hybridized carbons (Fsp3) is 0.538. The monoisotopic (exact) mass is 285 g/mol. The highest BCUT2D eigenvalue weighted by Gasteiger charge is 2.12. The Hall–Kier alpha value is -1.92. The number of halogens is 2. The van der Waals surface area contributed by atoms with Crippen molar-refractivity contribution in [2.75, 3.05) is 20.6 Å². The van der Waals surface area contributed by atoms with E-state index in [0.29, 0.717) is 5.96 Å². The number of alkyl halides is 2. The summed E-state index contributed by atoms with van der Waals surface area (Å²) in [6, 6.07) is 0. The molecule has 0 fully saturated rings. The Labute approximate surface area is 118 Å². The summed E-state index contributed by atoms with van der Waals surface area (Å²) in [5.41, 5.74) is 0. The Bertz CT molecular complexity index is 442. The number of unbranched alkanes of at least 4 members (excludes halogenated alkanes) is 1. The van der Waals surface area contributed by atoms with E-state index in [1.807, 2.05) is 18.0 Å². The predicted molar refractivity (Wildman–Crippen MR) is 75.7 cm³/mol. The zero-order chi connectivity index (χ0) is 15.0. The van der Waals surface area contributed by atoms with Gasteiger partial charge in [-0.15, -0.1) is 6.58 Å². The summed E-state index contributed by atoms with van der Waals surface area (Å²) in [6.07, 6.45) is 6.38. The third-order valence-electron chi connectivity index (χ3n) is 2.84. The van der Waals surface area contributed by atoms with Crippen molar-refractivity contribution in [3.05, 3.63) is 30.9 Å². The van der Waals surface area contributed by atoms with Crippen LogP contribution in [0.15, 0.2) is 30.0 Å². The van der Waals surface area contributed by atoms with Gasteiger partial charge in [-0.05, 0) is 12.8 Å². The Morgan fingerprint density at radius 3 is 3.00 bits per heavy atom. The van der Waals surface area contributed by atoms with E-state index in [0.717, 1.165) is 24.0 Å².